The molecular weight excluding hydrogens is 320 g/mol. The zero-order valence-corrected chi connectivity index (χ0v) is 9.36. The lowest BCUT2D eigenvalue weighted by molar-refractivity contribution is -0.130. The van der Waals surface area contributed by atoms with Crippen molar-refractivity contribution < 1.29 is 9.53 Å². The Labute approximate surface area is 78.7 Å². The van der Waals surface area contributed by atoms with Gasteiger partial charge in [0.05, 0.1) is 4.83 Å². The van der Waals surface area contributed by atoms with Gasteiger partial charge in [0.25, 0.3) is 6.47 Å². The van der Waals surface area contributed by atoms with Crippen molar-refractivity contribution in [3.05, 3.63) is 0 Å². The number of rotatable bonds is 3. The van der Waals surface area contributed by atoms with Crippen molar-refractivity contribution >= 4 is 54.3 Å². The van der Waals surface area contributed by atoms with Gasteiger partial charge in [0.15, 0.2) is 0 Å². The largest absolute Gasteiger partial charge is 0.438 e. The smallest absolute Gasteiger partial charge is 0.295 e. The fourth-order valence-corrected chi connectivity index (χ4v) is 0.418. The van der Waals surface area contributed by atoms with Gasteiger partial charge in [-0.05, 0) is 38.8 Å². The molecule has 0 aliphatic carbocycles. The number of carbonyl (C=O) groups is 1. The molecule has 0 aromatic heterocycles. The van der Waals surface area contributed by atoms with Gasteiger partial charge in [-0.15, -0.1) is 0 Å². The average Bonchev–Trinajstić information content (AvgIpc) is 1.65. The average molecular weight is 325 g/mol. The van der Waals surface area contributed by atoms with E-state index >= 15 is 0 Å². The van der Waals surface area contributed by atoms with E-state index in [0.717, 1.165) is 0 Å². The Balaban J connectivity index is 3.84. The summed E-state index contributed by atoms with van der Waals surface area (Å²) < 4.78 is 3.82. The van der Waals surface area contributed by atoms with Crippen molar-refractivity contribution in [2.24, 2.45) is 0 Å². The van der Waals surface area contributed by atoms with Gasteiger partial charge in [-0.2, -0.15) is 0 Å². The molecule has 2 nitrogen and oxygen atoms in total. The van der Waals surface area contributed by atoms with Gasteiger partial charge in [-0.1, -0.05) is 15.9 Å². The molecule has 5 heteroatoms. The van der Waals surface area contributed by atoms with E-state index in [1.165, 1.54) is 0 Å². The Kier molecular flexibility index (Phi) is 4.33. The van der Waals surface area contributed by atoms with E-state index in [2.05, 4.69) is 52.5 Å². The molecule has 0 N–H and O–H groups in total. The Hall–Kier alpha value is 0.910. The fourth-order valence-electron chi connectivity index (χ4n) is 0.158. The van der Waals surface area contributed by atoms with Crippen molar-refractivity contribution in [1.82, 2.24) is 0 Å². The zero-order chi connectivity index (χ0) is 7.49. The maximum absolute atomic E-state index is 9.82. The van der Waals surface area contributed by atoms with Gasteiger partial charge < -0.3 is 4.74 Å². The van der Waals surface area contributed by atoms with Crippen LogP contribution in [0.1, 0.15) is 6.92 Å². The summed E-state index contributed by atoms with van der Waals surface area (Å²) in [4.78, 5) is 9.83. The molecule has 0 fully saturated rings. The van der Waals surface area contributed by atoms with Gasteiger partial charge in [0, 0.05) is 0 Å². The third kappa shape index (κ3) is 3.57. The monoisotopic (exact) mass is 322 g/mol. The van der Waals surface area contributed by atoms with E-state index < -0.39 is 3.42 Å². The third-order valence-corrected chi connectivity index (χ3v) is 4.29. The predicted octanol–water partition coefficient (Wildman–Crippen LogP) is 2.39. The van der Waals surface area contributed by atoms with Gasteiger partial charge in [-0.25, -0.2) is 0 Å². The summed E-state index contributed by atoms with van der Waals surface area (Å²) in [6.07, 6.45) is 0. The molecule has 0 spiro atoms. The molecule has 0 bridgehead atoms. The minimum atomic E-state index is -0.776. The highest BCUT2D eigenvalue weighted by atomic mass is 79.9. The molecule has 1 atom stereocenters. The first-order chi connectivity index (χ1) is 4.00. The van der Waals surface area contributed by atoms with E-state index in [1.54, 1.807) is 0 Å². The normalized spacial score (nSPS) is 14.7. The zero-order valence-electron chi connectivity index (χ0n) is 4.61. The van der Waals surface area contributed by atoms with Crippen LogP contribution in [-0.2, 0) is 9.53 Å². The minimum Gasteiger partial charge on any atom is -0.438 e. The molecule has 0 heterocycles. The standard InChI is InChI=1S/C4H5Br3O2/c1-3(5)4(6,7)9-2-8/h2-3H,1H3. The van der Waals surface area contributed by atoms with Crippen LogP contribution < -0.4 is 0 Å². The van der Waals surface area contributed by atoms with Crippen molar-refractivity contribution in [2.45, 2.75) is 15.2 Å². The second-order valence-corrected chi connectivity index (χ2v) is 6.19. The molecule has 54 valence electrons. The van der Waals surface area contributed by atoms with Crippen LogP contribution in [0.3, 0.4) is 0 Å². The molecule has 1 unspecified atom stereocenters. The number of carbonyl (C=O) groups excluding carboxylic acids is 1. The van der Waals surface area contributed by atoms with Crippen LogP contribution in [0, 0.1) is 0 Å². The van der Waals surface area contributed by atoms with Crippen LogP contribution in [0.4, 0.5) is 0 Å². The lowest BCUT2D eigenvalue weighted by Gasteiger charge is -2.20. The first-order valence-electron chi connectivity index (χ1n) is 2.14. The number of ether oxygens (including phenoxy) is 1. The van der Waals surface area contributed by atoms with Crippen LogP contribution in [0.15, 0.2) is 0 Å². The highest BCUT2D eigenvalue weighted by Gasteiger charge is 2.29. The predicted molar refractivity (Wildman–Crippen MR) is 46.1 cm³/mol. The first kappa shape index (κ1) is 9.91. The molecule has 9 heavy (non-hydrogen) atoms. The lowest BCUT2D eigenvalue weighted by Crippen LogP contribution is -2.25. The summed E-state index contributed by atoms with van der Waals surface area (Å²) in [7, 11) is 0. The number of halogens is 3. The molecule has 0 saturated heterocycles. The second kappa shape index (κ2) is 3.93. The second-order valence-electron chi connectivity index (χ2n) is 1.39. The Morgan fingerprint density at radius 1 is 1.67 bits per heavy atom. The molecule has 0 amide bonds. The van der Waals surface area contributed by atoms with Crippen molar-refractivity contribution in [1.29, 1.82) is 0 Å². The van der Waals surface area contributed by atoms with Crippen molar-refractivity contribution in [2.75, 3.05) is 0 Å². The molecule has 0 aromatic rings. The van der Waals surface area contributed by atoms with Gasteiger partial charge in [0.1, 0.15) is 0 Å². The number of alkyl halides is 3. The summed E-state index contributed by atoms with van der Waals surface area (Å²) in [5.41, 5.74) is 0. The molecule has 0 rings (SSSR count). The Bertz CT molecular complexity index is 102. The number of hydrogen-bond acceptors (Lipinski definition) is 2. The van der Waals surface area contributed by atoms with Crippen molar-refractivity contribution in [3.63, 3.8) is 0 Å². The SMILES string of the molecule is CC(Br)C(Br)(Br)OC=O. The minimum absolute atomic E-state index is 0.00944. The number of hydrogen-bond donors (Lipinski definition) is 0. The van der Waals surface area contributed by atoms with Gasteiger partial charge in [0.2, 0.25) is 3.42 Å². The van der Waals surface area contributed by atoms with Crippen LogP contribution >= 0.6 is 47.8 Å². The Morgan fingerprint density at radius 3 is 2.22 bits per heavy atom. The molecule has 0 aromatic carbocycles. The molecule has 0 radical (unpaired) electrons. The Morgan fingerprint density at radius 2 is 2.11 bits per heavy atom. The third-order valence-electron chi connectivity index (χ3n) is 0.668. The highest BCUT2D eigenvalue weighted by molar-refractivity contribution is 9.26. The van der Waals surface area contributed by atoms with Gasteiger partial charge in [-0.3, -0.25) is 4.79 Å². The van der Waals surface area contributed by atoms with Gasteiger partial charge >= 0.3 is 0 Å². The molecule has 0 aliphatic heterocycles. The highest BCUT2D eigenvalue weighted by Crippen LogP contribution is 2.34. The van der Waals surface area contributed by atoms with Crippen molar-refractivity contribution in [3.8, 4) is 0 Å². The maximum atomic E-state index is 9.82. The van der Waals surface area contributed by atoms with E-state index in [9.17, 15) is 4.79 Å². The summed E-state index contributed by atoms with van der Waals surface area (Å²) >= 11 is 9.46. The molecule has 0 saturated carbocycles. The van der Waals surface area contributed by atoms with E-state index in [4.69, 9.17) is 0 Å². The molecular formula is C4H5Br3O2. The summed E-state index contributed by atoms with van der Waals surface area (Å²) in [6.45, 7) is 2.22. The summed E-state index contributed by atoms with van der Waals surface area (Å²) in [5, 5.41) is 0. The summed E-state index contributed by atoms with van der Waals surface area (Å²) in [5.74, 6) is 0. The van der Waals surface area contributed by atoms with Crippen LogP contribution in [0.5, 0.6) is 0 Å². The topological polar surface area (TPSA) is 26.3 Å². The van der Waals surface area contributed by atoms with E-state index in [1.807, 2.05) is 6.92 Å². The summed E-state index contributed by atoms with van der Waals surface area (Å²) in [6, 6.07) is 0. The quantitative estimate of drug-likeness (QED) is 0.588. The van der Waals surface area contributed by atoms with Crippen LogP contribution in [-0.4, -0.2) is 14.7 Å². The lowest BCUT2D eigenvalue weighted by atomic mass is 10.5. The molecule has 0 aliphatic rings. The van der Waals surface area contributed by atoms with E-state index in [0.29, 0.717) is 6.47 Å². The fraction of sp³-hybridized carbons (Fsp3) is 0.750. The first-order valence-corrected chi connectivity index (χ1v) is 4.64. The van der Waals surface area contributed by atoms with Crippen LogP contribution in [0.2, 0.25) is 0 Å². The maximum Gasteiger partial charge on any atom is 0.295 e. The van der Waals surface area contributed by atoms with Crippen LogP contribution in [0.25, 0.3) is 0 Å². The van der Waals surface area contributed by atoms with E-state index in [-0.39, 0.29) is 4.83 Å².